The fourth-order valence-corrected chi connectivity index (χ4v) is 6.11. The SMILES string of the molecule is COc1ccccc1C(c1cccc2ccccc12)[C@@](C)(C#N)C(=O)N1CCC(O)(c2cccc(C(F)(F)F)c2)CC1. The molecule has 0 bridgehead atoms. The number of nitrogens with zero attached hydrogens (tertiary/aromatic N) is 2. The zero-order chi connectivity index (χ0) is 30.1. The van der Waals surface area contributed by atoms with E-state index >= 15 is 0 Å². The minimum absolute atomic E-state index is 0.0369. The summed E-state index contributed by atoms with van der Waals surface area (Å²) in [6, 6.07) is 27.9. The van der Waals surface area contributed by atoms with Crippen LogP contribution in [0.15, 0.2) is 91.0 Å². The van der Waals surface area contributed by atoms with Crippen LogP contribution < -0.4 is 4.74 Å². The van der Waals surface area contributed by atoms with E-state index in [2.05, 4.69) is 6.07 Å². The van der Waals surface area contributed by atoms with Gasteiger partial charge in [0, 0.05) is 24.6 Å². The van der Waals surface area contributed by atoms with Crippen LogP contribution in [0.2, 0.25) is 0 Å². The van der Waals surface area contributed by atoms with E-state index in [0.717, 1.165) is 28.5 Å². The van der Waals surface area contributed by atoms with Gasteiger partial charge in [0.15, 0.2) is 0 Å². The number of carbonyl (C=O) groups is 1. The Morgan fingerprint density at radius 1 is 0.952 bits per heavy atom. The largest absolute Gasteiger partial charge is 0.496 e. The number of fused-ring (bicyclic) bond motifs is 1. The van der Waals surface area contributed by atoms with Gasteiger partial charge in [-0.25, -0.2) is 0 Å². The number of nitriles is 1. The number of rotatable bonds is 6. The second-order valence-electron chi connectivity index (χ2n) is 11.0. The van der Waals surface area contributed by atoms with Crippen molar-refractivity contribution < 1.29 is 27.8 Å². The molecule has 1 amide bonds. The van der Waals surface area contributed by atoms with Gasteiger partial charge in [-0.05, 0) is 59.9 Å². The summed E-state index contributed by atoms with van der Waals surface area (Å²) in [6.07, 6.45) is -4.46. The first-order chi connectivity index (χ1) is 20.0. The molecule has 2 atom stereocenters. The number of benzene rings is 4. The van der Waals surface area contributed by atoms with E-state index in [1.807, 2.05) is 60.7 Å². The van der Waals surface area contributed by atoms with Gasteiger partial charge in [-0.3, -0.25) is 4.79 Å². The van der Waals surface area contributed by atoms with Crippen LogP contribution in [0, 0.1) is 16.7 Å². The Bertz CT molecular complexity index is 1650. The first-order valence-corrected chi connectivity index (χ1v) is 13.7. The molecule has 42 heavy (non-hydrogen) atoms. The van der Waals surface area contributed by atoms with Crippen LogP contribution in [0.5, 0.6) is 5.75 Å². The minimum Gasteiger partial charge on any atom is -0.496 e. The summed E-state index contributed by atoms with van der Waals surface area (Å²) in [7, 11) is 1.55. The number of halogens is 3. The van der Waals surface area contributed by atoms with Crippen molar-refractivity contribution in [2.75, 3.05) is 20.2 Å². The van der Waals surface area contributed by atoms with Gasteiger partial charge < -0.3 is 14.7 Å². The van der Waals surface area contributed by atoms with Crippen molar-refractivity contribution in [1.82, 2.24) is 4.90 Å². The van der Waals surface area contributed by atoms with Crippen molar-refractivity contribution in [1.29, 1.82) is 5.26 Å². The molecule has 216 valence electrons. The molecule has 5 rings (SSSR count). The number of carbonyl (C=O) groups excluding carboxylic acids is 1. The van der Waals surface area contributed by atoms with E-state index in [-0.39, 0.29) is 31.5 Å². The summed E-state index contributed by atoms with van der Waals surface area (Å²) < 4.78 is 45.7. The van der Waals surface area contributed by atoms with Crippen LogP contribution in [0.1, 0.15) is 47.9 Å². The number of amides is 1. The number of ether oxygens (including phenoxy) is 1. The number of hydrogen-bond donors (Lipinski definition) is 1. The smallest absolute Gasteiger partial charge is 0.416 e. The Morgan fingerprint density at radius 3 is 2.26 bits per heavy atom. The Kier molecular flexibility index (Phi) is 7.74. The predicted octanol–water partition coefficient (Wildman–Crippen LogP) is 7.04. The molecule has 1 aliphatic heterocycles. The Labute approximate surface area is 242 Å². The monoisotopic (exact) mass is 572 g/mol. The quantitative estimate of drug-likeness (QED) is 0.269. The Hall–Kier alpha value is -4.35. The molecule has 0 aromatic heterocycles. The third-order valence-corrected chi connectivity index (χ3v) is 8.44. The van der Waals surface area contributed by atoms with Gasteiger partial charge in [-0.15, -0.1) is 0 Å². The maximum Gasteiger partial charge on any atom is 0.416 e. The minimum atomic E-state index is -4.53. The van der Waals surface area contributed by atoms with Crippen LogP contribution in [0.4, 0.5) is 13.2 Å². The molecule has 1 heterocycles. The van der Waals surface area contributed by atoms with Crippen molar-refractivity contribution in [3.8, 4) is 11.8 Å². The van der Waals surface area contributed by atoms with Crippen molar-refractivity contribution in [2.45, 2.75) is 37.5 Å². The normalized spacial score (nSPS) is 17.2. The summed E-state index contributed by atoms with van der Waals surface area (Å²) in [5, 5.41) is 23.9. The number of methoxy groups -OCH3 is 1. The van der Waals surface area contributed by atoms with Crippen molar-refractivity contribution >= 4 is 16.7 Å². The lowest BCUT2D eigenvalue weighted by Crippen LogP contribution is -2.51. The van der Waals surface area contributed by atoms with Crippen LogP contribution in [0.25, 0.3) is 10.8 Å². The van der Waals surface area contributed by atoms with E-state index in [1.54, 1.807) is 25.0 Å². The number of alkyl halides is 3. The Morgan fingerprint density at radius 2 is 1.57 bits per heavy atom. The highest BCUT2D eigenvalue weighted by Gasteiger charge is 2.49. The number of likely N-dealkylation sites (tertiary alicyclic amines) is 1. The summed E-state index contributed by atoms with van der Waals surface area (Å²) >= 11 is 0. The van der Waals surface area contributed by atoms with Crippen molar-refractivity contribution in [3.05, 3.63) is 113 Å². The van der Waals surface area contributed by atoms with Gasteiger partial charge in [-0.2, -0.15) is 18.4 Å². The molecule has 5 nitrogen and oxygen atoms in total. The molecule has 8 heteroatoms. The highest BCUT2D eigenvalue weighted by molar-refractivity contribution is 5.91. The molecular formula is C34H31F3N2O3. The second kappa shape index (κ2) is 11.1. The predicted molar refractivity (Wildman–Crippen MR) is 154 cm³/mol. The molecule has 1 saturated heterocycles. The average Bonchev–Trinajstić information content (AvgIpc) is 3.01. The maximum atomic E-state index is 14.3. The molecule has 1 N–H and O–H groups in total. The lowest BCUT2D eigenvalue weighted by Gasteiger charge is -2.42. The van der Waals surface area contributed by atoms with Crippen molar-refractivity contribution in [2.24, 2.45) is 5.41 Å². The van der Waals surface area contributed by atoms with Gasteiger partial charge in [0.05, 0.1) is 24.3 Å². The van der Waals surface area contributed by atoms with E-state index in [0.29, 0.717) is 11.3 Å². The van der Waals surface area contributed by atoms with Gasteiger partial charge >= 0.3 is 6.18 Å². The van der Waals surface area contributed by atoms with Gasteiger partial charge in [0.2, 0.25) is 5.91 Å². The number of aliphatic hydroxyl groups is 1. The fraction of sp³-hybridized carbons (Fsp3) is 0.294. The van der Waals surface area contributed by atoms with Crippen LogP contribution >= 0.6 is 0 Å². The lowest BCUT2D eigenvalue weighted by molar-refractivity contribution is -0.143. The second-order valence-corrected chi connectivity index (χ2v) is 11.0. The molecule has 1 fully saturated rings. The molecule has 4 aromatic rings. The van der Waals surface area contributed by atoms with Crippen molar-refractivity contribution in [3.63, 3.8) is 0 Å². The van der Waals surface area contributed by atoms with Gasteiger partial charge in [-0.1, -0.05) is 72.8 Å². The van der Waals surface area contributed by atoms with E-state index in [1.165, 1.54) is 12.1 Å². The average molecular weight is 573 g/mol. The standard InChI is InChI=1S/C34H31F3N2O3/c1-32(22-38,31(40)39-19-17-33(41,18-20-39)24-11-8-12-25(21-24)34(35,36)37)30(28-14-5-6-16-29(28)42-2)27-15-7-10-23-9-3-4-13-26(23)27/h3-16,21,30,41H,17-20H2,1-2H3/t30?,32-/m1/s1. The number of piperidine rings is 1. The highest BCUT2D eigenvalue weighted by atomic mass is 19.4. The van der Waals surface area contributed by atoms with Gasteiger partial charge in [0.25, 0.3) is 0 Å². The summed E-state index contributed by atoms with van der Waals surface area (Å²) in [5.41, 5.74) is -2.30. The molecule has 1 unspecified atom stereocenters. The molecular weight excluding hydrogens is 541 g/mol. The molecule has 0 radical (unpaired) electrons. The molecule has 0 spiro atoms. The van der Waals surface area contributed by atoms with E-state index in [4.69, 9.17) is 4.74 Å². The van der Waals surface area contributed by atoms with Crippen LogP contribution in [-0.4, -0.2) is 36.1 Å². The fourth-order valence-electron chi connectivity index (χ4n) is 6.11. The summed E-state index contributed by atoms with van der Waals surface area (Å²) in [4.78, 5) is 15.9. The van der Waals surface area contributed by atoms with E-state index < -0.39 is 34.6 Å². The molecule has 0 saturated carbocycles. The third-order valence-electron chi connectivity index (χ3n) is 8.44. The molecule has 4 aromatic carbocycles. The highest BCUT2D eigenvalue weighted by Crippen LogP contribution is 2.48. The zero-order valence-electron chi connectivity index (χ0n) is 23.4. The first-order valence-electron chi connectivity index (χ1n) is 13.7. The van der Waals surface area contributed by atoms with Crippen LogP contribution in [-0.2, 0) is 16.6 Å². The zero-order valence-corrected chi connectivity index (χ0v) is 23.4. The lowest BCUT2D eigenvalue weighted by atomic mass is 9.68. The maximum absolute atomic E-state index is 14.3. The third kappa shape index (κ3) is 5.21. The van der Waals surface area contributed by atoms with Crippen LogP contribution in [0.3, 0.4) is 0 Å². The summed E-state index contributed by atoms with van der Waals surface area (Å²) in [5.74, 6) is -0.580. The number of para-hydroxylation sites is 1. The number of hydrogen-bond acceptors (Lipinski definition) is 4. The summed E-state index contributed by atoms with van der Waals surface area (Å²) in [6.45, 7) is 1.79. The Balaban J connectivity index is 1.52. The van der Waals surface area contributed by atoms with E-state index in [9.17, 15) is 28.3 Å². The molecule has 1 aliphatic rings. The van der Waals surface area contributed by atoms with Gasteiger partial charge in [0.1, 0.15) is 11.2 Å². The molecule has 0 aliphatic carbocycles. The first kappa shape index (κ1) is 29.2. The topological polar surface area (TPSA) is 73.6 Å².